The first kappa shape index (κ1) is 15.3. The zero-order chi connectivity index (χ0) is 15.2. The molecule has 0 saturated heterocycles. The van der Waals surface area contributed by atoms with Crippen molar-refractivity contribution in [3.8, 4) is 11.5 Å². The molecule has 0 bridgehead atoms. The fraction of sp³-hybridized carbons (Fsp3) is 0.400. The smallest absolute Gasteiger partial charge is 0.165 e. The number of ether oxygens (including phenoxy) is 2. The molecule has 0 aliphatic carbocycles. The molecule has 0 saturated carbocycles. The summed E-state index contributed by atoms with van der Waals surface area (Å²) >= 11 is 0. The molecule has 0 aliphatic rings. The molecule has 1 heterocycles. The Bertz CT molecular complexity index is 583. The van der Waals surface area contributed by atoms with E-state index < -0.39 is 0 Å². The number of para-hydroxylation sites is 1. The van der Waals surface area contributed by atoms with E-state index in [1.807, 2.05) is 35.3 Å². The molecule has 2 rings (SSSR count). The van der Waals surface area contributed by atoms with E-state index in [1.54, 1.807) is 14.2 Å². The molecular weight excluding hydrogens is 268 g/mol. The van der Waals surface area contributed by atoms with Gasteiger partial charge in [-0.25, -0.2) is 0 Å². The van der Waals surface area contributed by atoms with E-state index in [0.717, 1.165) is 24.1 Å². The monoisotopic (exact) mass is 290 g/mol. The van der Waals surface area contributed by atoms with Gasteiger partial charge in [0.1, 0.15) is 0 Å². The quantitative estimate of drug-likeness (QED) is 0.599. The number of nitrogens with zero attached hydrogens (tertiary/aromatic N) is 2. The number of aryl methyl sites for hydroxylation is 1. The van der Waals surface area contributed by atoms with Gasteiger partial charge >= 0.3 is 0 Å². The predicted octanol–water partition coefficient (Wildman–Crippen LogP) is 1.67. The largest absolute Gasteiger partial charge is 0.493 e. The molecule has 1 aromatic heterocycles. The maximum atomic E-state index is 5.73. The molecule has 0 spiro atoms. The molecule has 1 atom stereocenters. The van der Waals surface area contributed by atoms with E-state index in [-0.39, 0.29) is 6.04 Å². The molecular formula is C15H22N4O2. The lowest BCUT2D eigenvalue weighted by Crippen LogP contribution is -2.29. The number of hydrazine groups is 1. The molecule has 0 aliphatic heterocycles. The second kappa shape index (κ2) is 7.10. The second-order valence-electron chi connectivity index (χ2n) is 4.71. The standard InChI is InChI=1S/C15H22N4O2/c1-4-19-10-11(9-17-19)8-13(18-16)12-6-5-7-14(20-2)15(12)21-3/h5-7,9-10,13,18H,4,8,16H2,1-3H3. The highest BCUT2D eigenvalue weighted by molar-refractivity contribution is 5.48. The van der Waals surface area contributed by atoms with Crippen molar-refractivity contribution in [1.82, 2.24) is 15.2 Å². The van der Waals surface area contributed by atoms with Crippen LogP contribution in [0.4, 0.5) is 0 Å². The van der Waals surface area contributed by atoms with Crippen LogP contribution in [0.1, 0.15) is 24.1 Å². The van der Waals surface area contributed by atoms with Gasteiger partial charge in [0, 0.05) is 18.3 Å². The number of hydrogen-bond donors (Lipinski definition) is 2. The van der Waals surface area contributed by atoms with Crippen molar-refractivity contribution < 1.29 is 9.47 Å². The van der Waals surface area contributed by atoms with Gasteiger partial charge in [0.25, 0.3) is 0 Å². The van der Waals surface area contributed by atoms with E-state index in [0.29, 0.717) is 11.5 Å². The number of nitrogens with one attached hydrogen (secondary N) is 1. The molecule has 6 heteroatoms. The van der Waals surface area contributed by atoms with Gasteiger partial charge in [-0.15, -0.1) is 0 Å². The highest BCUT2D eigenvalue weighted by Gasteiger charge is 2.19. The summed E-state index contributed by atoms with van der Waals surface area (Å²) < 4.78 is 12.7. The Morgan fingerprint density at radius 2 is 2.14 bits per heavy atom. The van der Waals surface area contributed by atoms with Crippen molar-refractivity contribution in [2.75, 3.05) is 14.2 Å². The van der Waals surface area contributed by atoms with E-state index in [4.69, 9.17) is 15.3 Å². The summed E-state index contributed by atoms with van der Waals surface area (Å²) in [6, 6.07) is 5.70. The van der Waals surface area contributed by atoms with Crippen LogP contribution in [-0.2, 0) is 13.0 Å². The molecule has 0 radical (unpaired) electrons. The molecule has 6 nitrogen and oxygen atoms in total. The first-order valence-corrected chi connectivity index (χ1v) is 6.91. The molecule has 2 aromatic rings. The molecule has 114 valence electrons. The lowest BCUT2D eigenvalue weighted by atomic mass is 10.00. The Morgan fingerprint density at radius 1 is 1.33 bits per heavy atom. The van der Waals surface area contributed by atoms with Crippen LogP contribution >= 0.6 is 0 Å². The van der Waals surface area contributed by atoms with Gasteiger partial charge in [0.05, 0.1) is 26.5 Å². The van der Waals surface area contributed by atoms with Crippen LogP contribution in [0.15, 0.2) is 30.6 Å². The molecule has 0 fully saturated rings. The van der Waals surface area contributed by atoms with Crippen molar-refractivity contribution in [2.45, 2.75) is 25.9 Å². The molecule has 3 N–H and O–H groups in total. The maximum absolute atomic E-state index is 5.73. The average Bonchev–Trinajstić information content (AvgIpc) is 2.99. The molecule has 1 unspecified atom stereocenters. The van der Waals surface area contributed by atoms with Crippen LogP contribution in [-0.4, -0.2) is 24.0 Å². The van der Waals surface area contributed by atoms with Crippen molar-refractivity contribution in [3.05, 3.63) is 41.7 Å². The Balaban J connectivity index is 2.28. The Labute approximate surface area is 124 Å². The zero-order valence-electron chi connectivity index (χ0n) is 12.7. The topological polar surface area (TPSA) is 74.3 Å². The summed E-state index contributed by atoms with van der Waals surface area (Å²) in [5, 5.41) is 4.28. The third-order valence-corrected chi connectivity index (χ3v) is 3.46. The van der Waals surface area contributed by atoms with Crippen LogP contribution in [0.3, 0.4) is 0 Å². The number of rotatable bonds is 7. The van der Waals surface area contributed by atoms with Crippen molar-refractivity contribution in [1.29, 1.82) is 0 Å². The molecule has 0 amide bonds. The fourth-order valence-corrected chi connectivity index (χ4v) is 2.37. The Morgan fingerprint density at radius 3 is 2.71 bits per heavy atom. The van der Waals surface area contributed by atoms with E-state index >= 15 is 0 Å². The Hall–Kier alpha value is -2.05. The minimum atomic E-state index is -0.0791. The first-order valence-electron chi connectivity index (χ1n) is 6.91. The summed E-state index contributed by atoms with van der Waals surface area (Å²) in [5.41, 5.74) is 4.92. The van der Waals surface area contributed by atoms with Gasteiger partial charge in [-0.1, -0.05) is 12.1 Å². The normalized spacial score (nSPS) is 12.2. The highest BCUT2D eigenvalue weighted by atomic mass is 16.5. The third-order valence-electron chi connectivity index (χ3n) is 3.46. The van der Waals surface area contributed by atoms with E-state index in [1.165, 1.54) is 0 Å². The number of hydrogen-bond acceptors (Lipinski definition) is 5. The first-order chi connectivity index (χ1) is 10.2. The fourth-order valence-electron chi connectivity index (χ4n) is 2.37. The van der Waals surface area contributed by atoms with Gasteiger partial charge < -0.3 is 9.47 Å². The van der Waals surface area contributed by atoms with Crippen LogP contribution < -0.4 is 20.7 Å². The summed E-state index contributed by atoms with van der Waals surface area (Å²) in [4.78, 5) is 0. The summed E-state index contributed by atoms with van der Waals surface area (Å²) in [5.74, 6) is 7.13. The number of benzene rings is 1. The van der Waals surface area contributed by atoms with Crippen molar-refractivity contribution >= 4 is 0 Å². The van der Waals surface area contributed by atoms with E-state index in [9.17, 15) is 0 Å². The maximum Gasteiger partial charge on any atom is 0.165 e. The predicted molar refractivity (Wildman–Crippen MR) is 81.2 cm³/mol. The third kappa shape index (κ3) is 3.34. The van der Waals surface area contributed by atoms with Gasteiger partial charge in [0.2, 0.25) is 0 Å². The van der Waals surface area contributed by atoms with E-state index in [2.05, 4.69) is 17.4 Å². The average molecular weight is 290 g/mol. The lowest BCUT2D eigenvalue weighted by Gasteiger charge is -2.20. The van der Waals surface area contributed by atoms with Gasteiger partial charge in [-0.3, -0.25) is 16.0 Å². The van der Waals surface area contributed by atoms with Gasteiger partial charge in [-0.05, 0) is 25.0 Å². The number of nitrogens with two attached hydrogens (primary N) is 1. The number of aromatic nitrogens is 2. The van der Waals surface area contributed by atoms with Crippen LogP contribution in [0.25, 0.3) is 0 Å². The minimum absolute atomic E-state index is 0.0791. The van der Waals surface area contributed by atoms with Crippen LogP contribution in [0.2, 0.25) is 0 Å². The molecule has 21 heavy (non-hydrogen) atoms. The SMILES string of the molecule is CCn1cc(CC(NN)c2cccc(OC)c2OC)cn1. The lowest BCUT2D eigenvalue weighted by molar-refractivity contribution is 0.346. The van der Waals surface area contributed by atoms with Gasteiger partial charge in [-0.2, -0.15) is 5.10 Å². The highest BCUT2D eigenvalue weighted by Crippen LogP contribution is 2.35. The minimum Gasteiger partial charge on any atom is -0.493 e. The zero-order valence-corrected chi connectivity index (χ0v) is 12.7. The number of methoxy groups -OCH3 is 2. The van der Waals surface area contributed by atoms with Crippen molar-refractivity contribution in [3.63, 3.8) is 0 Å². The van der Waals surface area contributed by atoms with Crippen LogP contribution in [0.5, 0.6) is 11.5 Å². The van der Waals surface area contributed by atoms with Crippen LogP contribution in [0, 0.1) is 0 Å². The van der Waals surface area contributed by atoms with Crippen molar-refractivity contribution in [2.24, 2.45) is 5.84 Å². The summed E-state index contributed by atoms with van der Waals surface area (Å²) in [7, 11) is 3.25. The summed E-state index contributed by atoms with van der Waals surface area (Å²) in [6.07, 6.45) is 4.61. The Kier molecular flexibility index (Phi) is 5.19. The molecule has 1 aromatic carbocycles. The van der Waals surface area contributed by atoms with Gasteiger partial charge in [0.15, 0.2) is 11.5 Å². The second-order valence-corrected chi connectivity index (χ2v) is 4.71. The summed E-state index contributed by atoms with van der Waals surface area (Å²) in [6.45, 7) is 2.91.